The molecule has 1 rings (SSSR count). The van der Waals surface area contributed by atoms with Gasteiger partial charge < -0.3 is 5.32 Å². The highest BCUT2D eigenvalue weighted by Gasteiger charge is 2.04. The van der Waals surface area contributed by atoms with Gasteiger partial charge in [0, 0.05) is 26.4 Å². The molecule has 92 valence electrons. The minimum Gasteiger partial charge on any atom is -0.310 e. The van der Waals surface area contributed by atoms with Crippen molar-refractivity contribution < 1.29 is 8.42 Å². The molecular weight excluding hydrogens is 226 g/mol. The Morgan fingerprint density at radius 3 is 2.69 bits per heavy atom. The number of rotatable bonds is 6. The first-order valence-corrected chi connectivity index (χ1v) is 7.38. The molecule has 5 nitrogen and oxygen atoms in total. The van der Waals surface area contributed by atoms with Crippen LogP contribution in [-0.2, 0) is 29.9 Å². The first kappa shape index (κ1) is 13.2. The van der Waals surface area contributed by atoms with E-state index in [2.05, 4.69) is 17.3 Å². The fraction of sp³-hybridized carbons (Fsp3) is 0.700. The minimum absolute atomic E-state index is 0.172. The second-order valence-electron chi connectivity index (χ2n) is 3.91. The van der Waals surface area contributed by atoms with Crippen LogP contribution >= 0.6 is 0 Å². The van der Waals surface area contributed by atoms with E-state index in [1.807, 2.05) is 17.8 Å². The van der Waals surface area contributed by atoms with Crippen molar-refractivity contribution in [2.24, 2.45) is 7.05 Å². The number of hydrogen-bond acceptors (Lipinski definition) is 4. The molecule has 1 heterocycles. The average Bonchev–Trinajstić information content (AvgIpc) is 2.53. The first-order chi connectivity index (χ1) is 7.42. The monoisotopic (exact) mass is 245 g/mol. The van der Waals surface area contributed by atoms with Gasteiger partial charge in [0.05, 0.1) is 17.1 Å². The first-order valence-electron chi connectivity index (χ1n) is 5.32. The molecule has 0 saturated carbocycles. The molecular formula is C10H19N3O2S. The van der Waals surface area contributed by atoms with E-state index in [9.17, 15) is 8.42 Å². The number of nitrogens with zero attached hydrogens (tertiary/aromatic N) is 2. The minimum atomic E-state index is -2.87. The SMILES string of the molecule is CCc1cc(CNCCS(C)(=O)=O)n(C)n1. The lowest BCUT2D eigenvalue weighted by Crippen LogP contribution is -2.23. The van der Waals surface area contributed by atoms with Gasteiger partial charge in [-0.1, -0.05) is 6.92 Å². The van der Waals surface area contributed by atoms with E-state index in [-0.39, 0.29) is 5.75 Å². The molecule has 0 fully saturated rings. The van der Waals surface area contributed by atoms with Gasteiger partial charge in [-0.15, -0.1) is 0 Å². The van der Waals surface area contributed by atoms with Crippen molar-refractivity contribution in [2.45, 2.75) is 19.9 Å². The van der Waals surface area contributed by atoms with E-state index in [1.54, 1.807) is 0 Å². The third-order valence-electron chi connectivity index (χ3n) is 2.35. The molecule has 0 amide bonds. The zero-order valence-electron chi connectivity index (χ0n) is 10.0. The highest BCUT2D eigenvalue weighted by atomic mass is 32.2. The Balaban J connectivity index is 2.40. The van der Waals surface area contributed by atoms with Crippen LogP contribution < -0.4 is 5.32 Å². The molecule has 0 aromatic carbocycles. The number of aromatic nitrogens is 2. The smallest absolute Gasteiger partial charge is 0.148 e. The van der Waals surface area contributed by atoms with Crippen molar-refractivity contribution in [1.29, 1.82) is 0 Å². The van der Waals surface area contributed by atoms with Crippen LogP contribution in [0.4, 0.5) is 0 Å². The molecule has 0 aliphatic rings. The van der Waals surface area contributed by atoms with Crippen LogP contribution in [-0.4, -0.2) is 36.8 Å². The summed E-state index contributed by atoms with van der Waals surface area (Å²) in [4.78, 5) is 0. The molecule has 0 aliphatic heterocycles. The molecule has 1 aromatic rings. The molecule has 0 unspecified atom stereocenters. The number of hydrogen-bond donors (Lipinski definition) is 1. The highest BCUT2D eigenvalue weighted by Crippen LogP contribution is 2.03. The maximum absolute atomic E-state index is 10.9. The molecule has 0 aliphatic carbocycles. The van der Waals surface area contributed by atoms with Crippen LogP contribution in [0.25, 0.3) is 0 Å². The average molecular weight is 245 g/mol. The van der Waals surface area contributed by atoms with Crippen molar-refractivity contribution in [1.82, 2.24) is 15.1 Å². The Hall–Kier alpha value is -0.880. The Kier molecular flexibility index (Phi) is 4.49. The van der Waals surface area contributed by atoms with Crippen LogP contribution in [0, 0.1) is 0 Å². The highest BCUT2D eigenvalue weighted by molar-refractivity contribution is 7.90. The molecule has 1 N–H and O–H groups in total. The zero-order chi connectivity index (χ0) is 12.2. The standard InChI is InChI=1S/C10H19N3O2S/c1-4-9-7-10(13(2)12-9)8-11-5-6-16(3,14)15/h7,11H,4-6,8H2,1-3H3. The predicted molar refractivity (Wildman–Crippen MR) is 64.0 cm³/mol. The van der Waals surface area contributed by atoms with E-state index < -0.39 is 9.84 Å². The molecule has 0 radical (unpaired) electrons. The second kappa shape index (κ2) is 5.45. The largest absolute Gasteiger partial charge is 0.310 e. The third kappa shape index (κ3) is 4.32. The predicted octanol–water partition coefficient (Wildman–Crippen LogP) is 0.117. The maximum atomic E-state index is 10.9. The lowest BCUT2D eigenvalue weighted by Gasteiger charge is -2.03. The van der Waals surface area contributed by atoms with Crippen LogP contribution in [0.1, 0.15) is 18.3 Å². The van der Waals surface area contributed by atoms with E-state index >= 15 is 0 Å². The van der Waals surface area contributed by atoms with Gasteiger partial charge in [-0.05, 0) is 12.5 Å². The van der Waals surface area contributed by atoms with Crippen molar-refractivity contribution >= 4 is 9.84 Å². The van der Waals surface area contributed by atoms with Crippen LogP contribution in [0.2, 0.25) is 0 Å². The third-order valence-corrected chi connectivity index (χ3v) is 3.29. The quantitative estimate of drug-likeness (QED) is 0.723. The second-order valence-corrected chi connectivity index (χ2v) is 6.17. The van der Waals surface area contributed by atoms with Gasteiger partial charge in [-0.2, -0.15) is 5.10 Å². The molecule has 0 spiro atoms. The Morgan fingerprint density at radius 1 is 1.50 bits per heavy atom. The summed E-state index contributed by atoms with van der Waals surface area (Å²) in [7, 11) is -0.977. The topological polar surface area (TPSA) is 64.0 Å². The molecule has 1 aromatic heterocycles. The van der Waals surface area contributed by atoms with Crippen molar-refractivity contribution in [3.8, 4) is 0 Å². The van der Waals surface area contributed by atoms with Crippen LogP contribution in [0.5, 0.6) is 0 Å². The maximum Gasteiger partial charge on any atom is 0.148 e. The van der Waals surface area contributed by atoms with E-state index in [0.29, 0.717) is 13.1 Å². The van der Waals surface area contributed by atoms with Gasteiger partial charge in [0.15, 0.2) is 0 Å². The molecule has 0 atom stereocenters. The Labute approximate surface area is 96.8 Å². The summed E-state index contributed by atoms with van der Waals surface area (Å²) in [5.41, 5.74) is 2.13. The lowest BCUT2D eigenvalue weighted by molar-refractivity contribution is 0.592. The van der Waals surface area contributed by atoms with Crippen molar-refractivity contribution in [3.05, 3.63) is 17.5 Å². The van der Waals surface area contributed by atoms with Gasteiger partial charge in [-0.3, -0.25) is 4.68 Å². The number of aryl methyl sites for hydroxylation is 2. The van der Waals surface area contributed by atoms with Gasteiger partial charge in [0.25, 0.3) is 0 Å². The Bertz CT molecular complexity index is 437. The lowest BCUT2D eigenvalue weighted by atomic mass is 10.3. The summed E-state index contributed by atoms with van der Waals surface area (Å²) in [5.74, 6) is 0.172. The van der Waals surface area contributed by atoms with Crippen LogP contribution in [0.15, 0.2) is 6.07 Å². The Morgan fingerprint density at radius 2 is 2.19 bits per heavy atom. The summed E-state index contributed by atoms with van der Waals surface area (Å²) in [6.45, 7) is 3.19. The van der Waals surface area contributed by atoms with Crippen LogP contribution in [0.3, 0.4) is 0 Å². The van der Waals surface area contributed by atoms with E-state index in [0.717, 1.165) is 17.8 Å². The summed E-state index contributed by atoms with van der Waals surface area (Å²) >= 11 is 0. The number of nitrogens with one attached hydrogen (secondary N) is 1. The fourth-order valence-corrected chi connectivity index (χ4v) is 1.90. The summed E-state index contributed by atoms with van der Waals surface area (Å²) < 4.78 is 23.6. The van der Waals surface area contributed by atoms with E-state index in [4.69, 9.17) is 0 Å². The summed E-state index contributed by atoms with van der Waals surface area (Å²) in [6.07, 6.45) is 2.16. The summed E-state index contributed by atoms with van der Waals surface area (Å²) in [5, 5.41) is 7.41. The fourth-order valence-electron chi connectivity index (χ4n) is 1.38. The van der Waals surface area contributed by atoms with E-state index in [1.165, 1.54) is 6.26 Å². The molecule has 16 heavy (non-hydrogen) atoms. The molecule has 6 heteroatoms. The normalized spacial score (nSPS) is 11.9. The zero-order valence-corrected chi connectivity index (χ0v) is 10.8. The van der Waals surface area contributed by atoms with Gasteiger partial charge in [-0.25, -0.2) is 8.42 Å². The molecule has 0 bridgehead atoms. The van der Waals surface area contributed by atoms with Gasteiger partial charge >= 0.3 is 0 Å². The van der Waals surface area contributed by atoms with Crippen molar-refractivity contribution in [2.75, 3.05) is 18.6 Å². The number of sulfone groups is 1. The summed E-state index contributed by atoms with van der Waals surface area (Å²) in [6, 6.07) is 2.04. The van der Waals surface area contributed by atoms with Gasteiger partial charge in [0.2, 0.25) is 0 Å². The molecule has 0 saturated heterocycles. The van der Waals surface area contributed by atoms with Crippen molar-refractivity contribution in [3.63, 3.8) is 0 Å². The van der Waals surface area contributed by atoms with Gasteiger partial charge in [0.1, 0.15) is 9.84 Å².